The van der Waals surface area contributed by atoms with Crippen molar-refractivity contribution in [2.45, 2.75) is 18.9 Å². The number of H-pyrrole nitrogens is 1. The average molecular weight is 367 g/mol. The Morgan fingerprint density at radius 1 is 1.22 bits per heavy atom. The van der Waals surface area contributed by atoms with E-state index in [1.54, 1.807) is 18.1 Å². The van der Waals surface area contributed by atoms with E-state index in [1.165, 1.54) is 12.5 Å². The maximum atomic E-state index is 12.6. The number of methoxy groups -OCH3 is 1. The van der Waals surface area contributed by atoms with E-state index in [2.05, 4.69) is 10.3 Å². The summed E-state index contributed by atoms with van der Waals surface area (Å²) < 4.78 is 10.2. The number of fused-ring (bicyclic) bond motifs is 1. The summed E-state index contributed by atoms with van der Waals surface area (Å²) in [6.45, 7) is 1.22. The maximum Gasteiger partial charge on any atom is 0.267 e. The van der Waals surface area contributed by atoms with Crippen molar-refractivity contribution in [1.29, 1.82) is 0 Å². The number of furan rings is 1. The van der Waals surface area contributed by atoms with Crippen LogP contribution in [0.2, 0.25) is 0 Å². The van der Waals surface area contributed by atoms with Crippen LogP contribution in [0.4, 0.5) is 0 Å². The largest absolute Gasteiger partial charge is 0.497 e. The maximum absolute atomic E-state index is 12.6. The van der Waals surface area contributed by atoms with Gasteiger partial charge >= 0.3 is 0 Å². The second-order valence-corrected chi connectivity index (χ2v) is 6.69. The molecule has 0 radical (unpaired) electrons. The number of aromatic amines is 1. The highest BCUT2D eigenvalue weighted by molar-refractivity contribution is 5.98. The van der Waals surface area contributed by atoms with Crippen LogP contribution in [-0.4, -0.2) is 47.9 Å². The number of ether oxygens (including phenoxy) is 1. The zero-order chi connectivity index (χ0) is 18.8. The summed E-state index contributed by atoms with van der Waals surface area (Å²) in [5.74, 6) is 0.578. The number of likely N-dealkylation sites (tertiary alicyclic amines) is 1. The highest BCUT2D eigenvalue weighted by Crippen LogP contribution is 2.22. The number of amides is 2. The SMILES string of the molecule is COc1ccc2cc(C(=O)NC3CCN(C(=O)c4ccoc4)CC3)[nH]c2c1. The van der Waals surface area contributed by atoms with Crippen LogP contribution in [0, 0.1) is 0 Å². The molecule has 27 heavy (non-hydrogen) atoms. The van der Waals surface area contributed by atoms with Crippen LogP contribution < -0.4 is 10.1 Å². The van der Waals surface area contributed by atoms with Gasteiger partial charge in [-0.25, -0.2) is 0 Å². The van der Waals surface area contributed by atoms with Crippen molar-refractivity contribution in [3.8, 4) is 5.75 Å². The molecule has 0 aliphatic carbocycles. The van der Waals surface area contributed by atoms with Gasteiger partial charge in [0.25, 0.3) is 11.8 Å². The molecule has 2 N–H and O–H groups in total. The Bertz CT molecular complexity index is 953. The van der Waals surface area contributed by atoms with Crippen LogP contribution in [-0.2, 0) is 0 Å². The number of nitrogens with one attached hydrogen (secondary N) is 2. The minimum Gasteiger partial charge on any atom is -0.497 e. The first kappa shape index (κ1) is 17.2. The molecule has 7 heteroatoms. The van der Waals surface area contributed by atoms with E-state index in [4.69, 9.17) is 9.15 Å². The number of hydrogen-bond donors (Lipinski definition) is 2. The first-order chi connectivity index (χ1) is 13.1. The summed E-state index contributed by atoms with van der Waals surface area (Å²) in [6.07, 6.45) is 4.41. The zero-order valence-corrected chi connectivity index (χ0v) is 15.0. The highest BCUT2D eigenvalue weighted by atomic mass is 16.5. The lowest BCUT2D eigenvalue weighted by Crippen LogP contribution is -2.46. The third-order valence-electron chi connectivity index (χ3n) is 4.96. The number of hydrogen-bond acceptors (Lipinski definition) is 4. The Labute approximate surface area is 156 Å². The van der Waals surface area contributed by atoms with Crippen LogP contribution >= 0.6 is 0 Å². The summed E-state index contributed by atoms with van der Waals surface area (Å²) in [6, 6.07) is 9.20. The molecule has 1 saturated heterocycles. The van der Waals surface area contributed by atoms with Crippen molar-refractivity contribution < 1.29 is 18.7 Å². The van der Waals surface area contributed by atoms with Crippen molar-refractivity contribution in [2.75, 3.05) is 20.2 Å². The van der Waals surface area contributed by atoms with Gasteiger partial charge in [-0.1, -0.05) is 0 Å². The van der Waals surface area contributed by atoms with Crippen LogP contribution in [0.1, 0.15) is 33.7 Å². The molecule has 4 rings (SSSR count). The van der Waals surface area contributed by atoms with Crippen LogP contribution in [0.15, 0.2) is 47.3 Å². The monoisotopic (exact) mass is 367 g/mol. The van der Waals surface area contributed by atoms with E-state index in [9.17, 15) is 9.59 Å². The first-order valence-electron chi connectivity index (χ1n) is 8.93. The number of carbonyl (C=O) groups is 2. The molecular weight excluding hydrogens is 346 g/mol. The van der Waals surface area contributed by atoms with E-state index in [-0.39, 0.29) is 17.9 Å². The summed E-state index contributed by atoms with van der Waals surface area (Å²) in [5, 5.41) is 4.02. The number of nitrogens with zero attached hydrogens (tertiary/aromatic N) is 1. The number of piperidine rings is 1. The van der Waals surface area contributed by atoms with Crippen LogP contribution in [0.25, 0.3) is 10.9 Å². The quantitative estimate of drug-likeness (QED) is 0.742. The average Bonchev–Trinajstić information content (AvgIpc) is 3.37. The van der Waals surface area contributed by atoms with Gasteiger partial charge in [-0.05, 0) is 37.1 Å². The Morgan fingerprint density at radius 3 is 2.74 bits per heavy atom. The van der Waals surface area contributed by atoms with Gasteiger partial charge in [0.15, 0.2) is 0 Å². The van der Waals surface area contributed by atoms with E-state index >= 15 is 0 Å². The molecule has 3 aromatic rings. The topological polar surface area (TPSA) is 87.6 Å². The molecule has 1 fully saturated rings. The first-order valence-corrected chi connectivity index (χ1v) is 8.93. The van der Waals surface area contributed by atoms with Gasteiger partial charge in [0.1, 0.15) is 17.7 Å². The van der Waals surface area contributed by atoms with Crippen molar-refractivity contribution in [3.63, 3.8) is 0 Å². The van der Waals surface area contributed by atoms with Gasteiger partial charge in [-0.3, -0.25) is 9.59 Å². The predicted molar refractivity (Wildman–Crippen MR) is 100.0 cm³/mol. The molecule has 1 aliphatic heterocycles. The van der Waals surface area contributed by atoms with Gasteiger partial charge in [-0.15, -0.1) is 0 Å². The number of rotatable bonds is 4. The Morgan fingerprint density at radius 2 is 2.04 bits per heavy atom. The number of benzene rings is 1. The van der Waals surface area contributed by atoms with Crippen LogP contribution in [0.3, 0.4) is 0 Å². The van der Waals surface area contributed by atoms with Crippen molar-refractivity contribution >= 4 is 22.7 Å². The minimum atomic E-state index is -0.134. The third kappa shape index (κ3) is 3.53. The lowest BCUT2D eigenvalue weighted by Gasteiger charge is -2.32. The fourth-order valence-corrected chi connectivity index (χ4v) is 3.41. The second-order valence-electron chi connectivity index (χ2n) is 6.69. The predicted octanol–water partition coefficient (Wildman–Crippen LogP) is 2.80. The molecule has 0 unspecified atom stereocenters. The number of carbonyl (C=O) groups excluding carboxylic acids is 2. The van der Waals surface area contributed by atoms with E-state index in [0.717, 1.165) is 29.5 Å². The molecule has 1 aromatic carbocycles. The van der Waals surface area contributed by atoms with Gasteiger partial charge in [-0.2, -0.15) is 0 Å². The van der Waals surface area contributed by atoms with Gasteiger partial charge in [0.2, 0.25) is 0 Å². The number of aromatic nitrogens is 1. The van der Waals surface area contributed by atoms with Gasteiger partial charge < -0.3 is 24.4 Å². The Hall–Kier alpha value is -3.22. The van der Waals surface area contributed by atoms with Crippen molar-refractivity contribution in [2.24, 2.45) is 0 Å². The normalized spacial score (nSPS) is 15.1. The van der Waals surface area contributed by atoms with Crippen LogP contribution in [0.5, 0.6) is 5.75 Å². The fourth-order valence-electron chi connectivity index (χ4n) is 3.41. The molecule has 0 atom stereocenters. The molecule has 140 valence electrons. The smallest absolute Gasteiger partial charge is 0.267 e. The van der Waals surface area contributed by atoms with E-state index in [0.29, 0.717) is 24.3 Å². The molecule has 1 aliphatic rings. The lowest BCUT2D eigenvalue weighted by molar-refractivity contribution is 0.0697. The molecule has 0 spiro atoms. The van der Waals surface area contributed by atoms with Gasteiger partial charge in [0, 0.05) is 36.1 Å². The molecular formula is C20H21N3O4. The third-order valence-corrected chi connectivity index (χ3v) is 4.96. The highest BCUT2D eigenvalue weighted by Gasteiger charge is 2.25. The standard InChI is InChI=1S/C20H21N3O4/c1-26-16-3-2-13-10-18(22-17(13)11-16)19(24)21-15-4-7-23(8-5-15)20(25)14-6-9-27-12-14/h2-3,6,9-12,15,22H,4-5,7-8H2,1H3,(H,21,24). The summed E-state index contributed by atoms with van der Waals surface area (Å²) in [7, 11) is 1.61. The molecule has 2 aromatic heterocycles. The molecule has 3 heterocycles. The Kier molecular flexibility index (Phi) is 4.58. The Balaban J connectivity index is 1.36. The fraction of sp³-hybridized carbons (Fsp3) is 0.300. The lowest BCUT2D eigenvalue weighted by atomic mass is 10.0. The molecule has 7 nitrogen and oxygen atoms in total. The minimum absolute atomic E-state index is 0.0295. The summed E-state index contributed by atoms with van der Waals surface area (Å²) in [4.78, 5) is 29.8. The zero-order valence-electron chi connectivity index (χ0n) is 15.0. The van der Waals surface area contributed by atoms with E-state index < -0.39 is 0 Å². The molecule has 0 bridgehead atoms. The summed E-state index contributed by atoms with van der Waals surface area (Å²) >= 11 is 0. The van der Waals surface area contributed by atoms with Gasteiger partial charge in [0.05, 0.1) is 18.9 Å². The summed E-state index contributed by atoms with van der Waals surface area (Å²) in [5.41, 5.74) is 1.95. The van der Waals surface area contributed by atoms with Crippen molar-refractivity contribution in [1.82, 2.24) is 15.2 Å². The van der Waals surface area contributed by atoms with E-state index in [1.807, 2.05) is 24.3 Å². The van der Waals surface area contributed by atoms with Crippen molar-refractivity contribution in [3.05, 3.63) is 54.1 Å². The molecule has 0 saturated carbocycles. The molecule has 2 amide bonds. The second kappa shape index (κ2) is 7.19.